The highest BCUT2D eigenvalue weighted by atomic mass is 16.4. The molecule has 0 aliphatic heterocycles. The molecule has 0 radical (unpaired) electrons. The second-order valence-electron chi connectivity index (χ2n) is 5.00. The lowest BCUT2D eigenvalue weighted by Crippen LogP contribution is -2.40. The fourth-order valence-corrected chi connectivity index (χ4v) is 2.15. The highest BCUT2D eigenvalue weighted by molar-refractivity contribution is 5.97. The number of hydrogen-bond donors (Lipinski definition) is 2. The first-order chi connectivity index (χ1) is 11.1. The summed E-state index contributed by atoms with van der Waals surface area (Å²) in [5.41, 5.74) is 2.39. The van der Waals surface area contributed by atoms with Gasteiger partial charge in [0.15, 0.2) is 0 Å². The van der Waals surface area contributed by atoms with E-state index in [9.17, 15) is 9.59 Å². The molecule has 0 unspecified atom stereocenters. The molecule has 2 N–H and O–H groups in total. The Balaban J connectivity index is 2.08. The van der Waals surface area contributed by atoms with Gasteiger partial charge in [-0.2, -0.15) is 5.26 Å². The van der Waals surface area contributed by atoms with Crippen molar-refractivity contribution in [2.75, 3.05) is 0 Å². The van der Waals surface area contributed by atoms with Crippen LogP contribution in [0.3, 0.4) is 0 Å². The van der Waals surface area contributed by atoms with E-state index < -0.39 is 17.9 Å². The Labute approximate surface area is 134 Å². The van der Waals surface area contributed by atoms with Gasteiger partial charge in [0.05, 0.1) is 6.07 Å². The number of benzene rings is 2. The normalized spacial score (nSPS) is 11.3. The van der Waals surface area contributed by atoms with Crippen LogP contribution in [0.4, 0.5) is 0 Å². The predicted octanol–water partition coefficient (Wildman–Crippen LogP) is 2.84. The summed E-state index contributed by atoms with van der Waals surface area (Å²) >= 11 is 0. The van der Waals surface area contributed by atoms with Gasteiger partial charge in [0.1, 0.15) is 6.04 Å². The van der Waals surface area contributed by atoms with E-state index >= 15 is 0 Å². The molecule has 0 fully saturated rings. The molecule has 23 heavy (non-hydrogen) atoms. The Hall–Kier alpha value is -3.13. The smallest absolute Gasteiger partial charge is 0.326 e. The van der Waals surface area contributed by atoms with E-state index in [0.717, 1.165) is 11.1 Å². The van der Waals surface area contributed by atoms with E-state index in [1.807, 2.05) is 48.5 Å². The van der Waals surface area contributed by atoms with Crippen molar-refractivity contribution in [2.24, 2.45) is 0 Å². The first-order valence-corrected chi connectivity index (χ1v) is 7.18. The van der Waals surface area contributed by atoms with Crippen molar-refractivity contribution in [1.82, 2.24) is 5.32 Å². The number of carbonyl (C=O) groups is 2. The molecule has 2 aromatic rings. The van der Waals surface area contributed by atoms with Crippen LogP contribution < -0.4 is 5.32 Å². The minimum atomic E-state index is -1.14. The summed E-state index contributed by atoms with van der Waals surface area (Å²) < 4.78 is 0. The van der Waals surface area contributed by atoms with E-state index in [1.165, 1.54) is 0 Å². The average Bonchev–Trinajstić information content (AvgIpc) is 2.59. The van der Waals surface area contributed by atoms with Crippen molar-refractivity contribution >= 4 is 11.9 Å². The number of hydrogen-bond acceptors (Lipinski definition) is 3. The Morgan fingerprint density at radius 3 is 2.22 bits per heavy atom. The van der Waals surface area contributed by atoms with Crippen molar-refractivity contribution in [3.63, 3.8) is 0 Å². The van der Waals surface area contributed by atoms with Gasteiger partial charge in [-0.05, 0) is 29.7 Å². The minimum Gasteiger partial charge on any atom is -0.480 e. The molecular formula is C18H16N2O3. The maximum absolute atomic E-state index is 12.1. The van der Waals surface area contributed by atoms with Crippen molar-refractivity contribution < 1.29 is 14.7 Å². The number of nitriles is 1. The zero-order valence-corrected chi connectivity index (χ0v) is 12.4. The molecule has 0 aliphatic carbocycles. The summed E-state index contributed by atoms with van der Waals surface area (Å²) in [4.78, 5) is 23.2. The average molecular weight is 308 g/mol. The third kappa shape index (κ3) is 4.42. The van der Waals surface area contributed by atoms with E-state index in [1.54, 1.807) is 12.1 Å². The van der Waals surface area contributed by atoms with Crippen LogP contribution >= 0.6 is 0 Å². The minimum absolute atomic E-state index is 0.0736. The molecule has 5 heteroatoms. The van der Waals surface area contributed by atoms with Gasteiger partial charge >= 0.3 is 5.97 Å². The zero-order valence-electron chi connectivity index (χ0n) is 12.4. The molecule has 2 rings (SSSR count). The zero-order chi connectivity index (χ0) is 16.7. The van der Waals surface area contributed by atoms with Crippen LogP contribution in [0, 0.1) is 11.3 Å². The van der Waals surface area contributed by atoms with E-state index in [0.29, 0.717) is 5.56 Å². The number of nitrogens with zero attached hydrogens (tertiary/aromatic N) is 1. The van der Waals surface area contributed by atoms with Gasteiger partial charge in [-0.15, -0.1) is 0 Å². The molecular weight excluding hydrogens is 292 g/mol. The number of carboxylic acids is 1. The Morgan fingerprint density at radius 1 is 1.04 bits per heavy atom. The van der Waals surface area contributed by atoms with Crippen LogP contribution in [0.15, 0.2) is 54.6 Å². The van der Waals surface area contributed by atoms with Crippen LogP contribution in [0.25, 0.3) is 11.1 Å². The number of nitrogens with one attached hydrogen (secondary N) is 1. The van der Waals surface area contributed by atoms with Gasteiger partial charge in [-0.25, -0.2) is 4.79 Å². The number of carboxylic acid groups (broad SMARTS) is 1. The largest absolute Gasteiger partial charge is 0.480 e. The van der Waals surface area contributed by atoms with E-state index in [2.05, 4.69) is 5.32 Å². The van der Waals surface area contributed by atoms with Gasteiger partial charge in [0.25, 0.3) is 5.91 Å². The Kier molecular flexibility index (Phi) is 5.48. The van der Waals surface area contributed by atoms with Crippen molar-refractivity contribution in [3.8, 4) is 17.2 Å². The van der Waals surface area contributed by atoms with Crippen molar-refractivity contribution in [2.45, 2.75) is 18.9 Å². The summed E-state index contributed by atoms with van der Waals surface area (Å²) in [5.74, 6) is -1.61. The lowest BCUT2D eigenvalue weighted by molar-refractivity contribution is -0.139. The SMILES string of the molecule is N#CCC[C@@H](NC(=O)c1ccc(-c2ccccc2)cc1)C(=O)O. The Bertz CT molecular complexity index is 718. The molecule has 2 aromatic carbocycles. The molecule has 0 aromatic heterocycles. The summed E-state index contributed by atoms with van der Waals surface area (Å²) in [7, 11) is 0. The van der Waals surface area contributed by atoms with Gasteiger partial charge < -0.3 is 10.4 Å². The van der Waals surface area contributed by atoms with Crippen LogP contribution in [0.5, 0.6) is 0 Å². The molecule has 116 valence electrons. The molecule has 0 bridgehead atoms. The third-order valence-corrected chi connectivity index (χ3v) is 3.40. The topological polar surface area (TPSA) is 90.2 Å². The highest BCUT2D eigenvalue weighted by Gasteiger charge is 2.20. The van der Waals surface area contributed by atoms with E-state index in [-0.39, 0.29) is 12.8 Å². The molecule has 1 atom stereocenters. The number of aliphatic carboxylic acids is 1. The maximum atomic E-state index is 12.1. The quantitative estimate of drug-likeness (QED) is 0.858. The highest BCUT2D eigenvalue weighted by Crippen LogP contribution is 2.19. The van der Waals surface area contributed by atoms with Crippen molar-refractivity contribution in [3.05, 3.63) is 60.2 Å². The number of rotatable bonds is 6. The van der Waals surface area contributed by atoms with Gasteiger partial charge in [-0.1, -0.05) is 42.5 Å². The van der Waals surface area contributed by atoms with Gasteiger partial charge in [0, 0.05) is 12.0 Å². The van der Waals surface area contributed by atoms with Gasteiger partial charge in [0.2, 0.25) is 0 Å². The molecule has 1 amide bonds. The summed E-state index contributed by atoms with van der Waals surface area (Å²) in [6.45, 7) is 0. The number of amides is 1. The second kappa shape index (κ2) is 7.76. The lowest BCUT2D eigenvalue weighted by Gasteiger charge is -2.13. The van der Waals surface area contributed by atoms with Crippen molar-refractivity contribution in [1.29, 1.82) is 5.26 Å². The Morgan fingerprint density at radius 2 is 1.65 bits per heavy atom. The molecule has 0 saturated heterocycles. The van der Waals surface area contributed by atoms with E-state index in [4.69, 9.17) is 10.4 Å². The monoisotopic (exact) mass is 308 g/mol. The lowest BCUT2D eigenvalue weighted by atomic mass is 10.0. The predicted molar refractivity (Wildman–Crippen MR) is 85.6 cm³/mol. The fourth-order valence-electron chi connectivity index (χ4n) is 2.15. The van der Waals surface area contributed by atoms with Crippen LogP contribution in [0.1, 0.15) is 23.2 Å². The van der Waals surface area contributed by atoms with Crippen LogP contribution in [-0.2, 0) is 4.79 Å². The molecule has 0 spiro atoms. The second-order valence-corrected chi connectivity index (χ2v) is 5.00. The summed E-state index contributed by atoms with van der Waals surface area (Å²) in [6.07, 6.45) is 0.157. The van der Waals surface area contributed by atoms with Gasteiger partial charge in [-0.3, -0.25) is 4.79 Å². The maximum Gasteiger partial charge on any atom is 0.326 e. The standard InChI is InChI=1S/C18H16N2O3/c19-12-4-7-16(18(22)23)20-17(21)15-10-8-14(9-11-15)13-5-2-1-3-6-13/h1-3,5-6,8-11,16H,4,7H2,(H,20,21)(H,22,23)/t16-/m1/s1. The molecule has 0 heterocycles. The van der Waals surface area contributed by atoms with Crippen LogP contribution in [0.2, 0.25) is 0 Å². The molecule has 0 saturated carbocycles. The summed E-state index contributed by atoms with van der Waals surface area (Å²) in [5, 5.41) is 20.0. The fraction of sp³-hybridized carbons (Fsp3) is 0.167. The third-order valence-electron chi connectivity index (χ3n) is 3.40. The molecule has 0 aliphatic rings. The first kappa shape index (κ1) is 16.2. The first-order valence-electron chi connectivity index (χ1n) is 7.18. The molecule has 5 nitrogen and oxygen atoms in total. The number of carbonyl (C=O) groups excluding carboxylic acids is 1. The van der Waals surface area contributed by atoms with Crippen LogP contribution in [-0.4, -0.2) is 23.0 Å². The summed E-state index contributed by atoms with van der Waals surface area (Å²) in [6, 6.07) is 17.5.